The van der Waals surface area contributed by atoms with Gasteiger partial charge in [0.1, 0.15) is 0 Å². The SMILES string of the molecule is C[C@H](/C=C/C(=O)O)[C@H]1CC[C@H]2[C@@H]3CCC4=CC(=O)CC[C@]4(C)[C@H]3CC[C@]12C. The fraction of sp³-hybridized carbons (Fsp3) is 0.750. The van der Waals surface area contributed by atoms with Gasteiger partial charge in [-0.3, -0.25) is 4.79 Å². The van der Waals surface area contributed by atoms with Crippen LogP contribution in [0, 0.1) is 40.4 Å². The van der Waals surface area contributed by atoms with E-state index in [1.54, 1.807) is 0 Å². The summed E-state index contributed by atoms with van der Waals surface area (Å²) in [5.74, 6) is 2.69. The Labute approximate surface area is 163 Å². The van der Waals surface area contributed by atoms with E-state index in [-0.39, 0.29) is 5.41 Å². The number of hydrogen-bond donors (Lipinski definition) is 1. The van der Waals surface area contributed by atoms with Gasteiger partial charge in [-0.25, -0.2) is 4.79 Å². The van der Waals surface area contributed by atoms with E-state index in [0.29, 0.717) is 23.0 Å². The molecule has 3 heteroatoms. The van der Waals surface area contributed by atoms with Crippen LogP contribution in [0.5, 0.6) is 0 Å². The minimum Gasteiger partial charge on any atom is -0.478 e. The normalized spacial score (nSPS) is 45.0. The second kappa shape index (κ2) is 6.60. The van der Waals surface area contributed by atoms with Gasteiger partial charge in [0.05, 0.1) is 0 Å². The molecule has 0 bridgehead atoms. The predicted molar refractivity (Wildman–Crippen MR) is 106 cm³/mol. The summed E-state index contributed by atoms with van der Waals surface area (Å²) in [5.41, 5.74) is 2.02. The number of ketones is 1. The number of hydrogen-bond acceptors (Lipinski definition) is 2. The highest BCUT2D eigenvalue weighted by Gasteiger charge is 2.59. The zero-order chi connectivity index (χ0) is 19.4. The van der Waals surface area contributed by atoms with Crippen molar-refractivity contribution in [1.82, 2.24) is 0 Å². The number of fused-ring (bicyclic) bond motifs is 5. The number of carbonyl (C=O) groups excluding carboxylic acids is 1. The summed E-state index contributed by atoms with van der Waals surface area (Å²) in [5, 5.41) is 9.00. The highest BCUT2D eigenvalue weighted by atomic mass is 16.4. The molecule has 3 nitrogen and oxygen atoms in total. The lowest BCUT2D eigenvalue weighted by Gasteiger charge is -2.58. The van der Waals surface area contributed by atoms with Crippen LogP contribution in [0.3, 0.4) is 0 Å². The van der Waals surface area contributed by atoms with Crippen molar-refractivity contribution in [2.75, 3.05) is 0 Å². The Balaban J connectivity index is 1.58. The minimum absolute atomic E-state index is 0.241. The number of carboxylic acid groups (broad SMARTS) is 1. The van der Waals surface area contributed by atoms with E-state index in [4.69, 9.17) is 5.11 Å². The van der Waals surface area contributed by atoms with E-state index in [9.17, 15) is 9.59 Å². The fourth-order valence-electron chi connectivity index (χ4n) is 7.83. The van der Waals surface area contributed by atoms with Crippen molar-refractivity contribution in [3.8, 4) is 0 Å². The predicted octanol–water partition coefficient (Wildman–Crippen LogP) is 5.41. The molecule has 0 amide bonds. The third-order valence-electron chi connectivity index (χ3n) is 9.21. The molecule has 148 valence electrons. The third-order valence-corrected chi connectivity index (χ3v) is 9.21. The molecular formula is C24H34O3. The largest absolute Gasteiger partial charge is 0.478 e. The van der Waals surface area contributed by atoms with Crippen molar-refractivity contribution in [3.05, 3.63) is 23.8 Å². The number of aliphatic carboxylic acids is 1. The zero-order valence-electron chi connectivity index (χ0n) is 17.0. The van der Waals surface area contributed by atoms with Gasteiger partial charge in [0, 0.05) is 12.5 Å². The van der Waals surface area contributed by atoms with E-state index in [2.05, 4.69) is 20.8 Å². The Morgan fingerprint density at radius 3 is 2.67 bits per heavy atom. The summed E-state index contributed by atoms with van der Waals surface area (Å²) in [7, 11) is 0. The monoisotopic (exact) mass is 370 g/mol. The van der Waals surface area contributed by atoms with Crippen LogP contribution in [0.2, 0.25) is 0 Å². The molecule has 0 heterocycles. The first-order valence-electron chi connectivity index (χ1n) is 10.9. The summed E-state index contributed by atoms with van der Waals surface area (Å²) >= 11 is 0. The third kappa shape index (κ3) is 2.93. The van der Waals surface area contributed by atoms with E-state index >= 15 is 0 Å². The van der Waals surface area contributed by atoms with Crippen molar-refractivity contribution in [1.29, 1.82) is 0 Å². The Morgan fingerprint density at radius 1 is 1.15 bits per heavy atom. The first-order chi connectivity index (χ1) is 12.8. The molecule has 0 spiro atoms. The van der Waals surface area contributed by atoms with Crippen molar-refractivity contribution < 1.29 is 14.7 Å². The van der Waals surface area contributed by atoms with Crippen LogP contribution in [-0.2, 0) is 9.59 Å². The minimum atomic E-state index is -0.836. The first kappa shape index (κ1) is 19.0. The molecule has 3 saturated carbocycles. The van der Waals surface area contributed by atoms with Gasteiger partial charge in [0.15, 0.2) is 5.78 Å². The molecule has 3 fully saturated rings. The van der Waals surface area contributed by atoms with Crippen molar-refractivity contribution in [2.45, 2.75) is 72.1 Å². The van der Waals surface area contributed by atoms with Crippen LogP contribution in [0.25, 0.3) is 0 Å². The van der Waals surface area contributed by atoms with Gasteiger partial charge >= 0.3 is 5.97 Å². The summed E-state index contributed by atoms with van der Waals surface area (Å²) in [4.78, 5) is 22.9. The maximum absolute atomic E-state index is 12.0. The van der Waals surface area contributed by atoms with Gasteiger partial charge in [-0.2, -0.15) is 0 Å². The molecule has 0 saturated heterocycles. The van der Waals surface area contributed by atoms with Crippen LogP contribution in [0.1, 0.15) is 72.1 Å². The van der Waals surface area contributed by atoms with E-state index in [0.717, 1.165) is 37.0 Å². The molecular weight excluding hydrogens is 336 g/mol. The molecule has 0 aromatic heterocycles. The number of carbonyl (C=O) groups is 2. The highest BCUT2D eigenvalue weighted by molar-refractivity contribution is 5.91. The maximum Gasteiger partial charge on any atom is 0.327 e. The molecule has 0 aromatic carbocycles. The second-order valence-electron chi connectivity index (χ2n) is 10.3. The average Bonchev–Trinajstić information content (AvgIpc) is 2.97. The smallest absolute Gasteiger partial charge is 0.327 e. The summed E-state index contributed by atoms with van der Waals surface area (Å²) in [6.45, 7) is 7.14. The maximum atomic E-state index is 12.0. The van der Waals surface area contributed by atoms with Gasteiger partial charge in [0.2, 0.25) is 0 Å². The molecule has 0 aliphatic heterocycles. The molecule has 4 aliphatic rings. The molecule has 1 N–H and O–H groups in total. The first-order valence-corrected chi connectivity index (χ1v) is 10.9. The van der Waals surface area contributed by atoms with Crippen molar-refractivity contribution >= 4 is 11.8 Å². The number of rotatable bonds is 3. The summed E-state index contributed by atoms with van der Waals surface area (Å²) in [6.07, 6.45) is 14.4. The van der Waals surface area contributed by atoms with Crippen molar-refractivity contribution in [2.24, 2.45) is 40.4 Å². The topological polar surface area (TPSA) is 54.4 Å². The molecule has 0 unspecified atom stereocenters. The molecule has 7 atom stereocenters. The van der Waals surface area contributed by atoms with Crippen molar-refractivity contribution in [3.63, 3.8) is 0 Å². The summed E-state index contributed by atoms with van der Waals surface area (Å²) < 4.78 is 0. The average molecular weight is 371 g/mol. The standard InChI is InChI=1S/C24H34O3/c1-15(4-9-22(26)27)19-7-8-20-18-6-5-16-14-17(25)10-12-23(16,2)21(18)11-13-24(19,20)3/h4,9,14-15,18-21H,5-8,10-13H2,1-3H3,(H,26,27)/b9-4+/t15-,18+,19-,20+,21+,23+,24-/m1/s1. The van der Waals surface area contributed by atoms with Gasteiger partial charge in [-0.1, -0.05) is 32.4 Å². The Morgan fingerprint density at radius 2 is 1.93 bits per heavy atom. The van der Waals surface area contributed by atoms with E-state index < -0.39 is 5.97 Å². The number of carboxylic acids is 1. The van der Waals surface area contributed by atoms with E-state index in [1.165, 1.54) is 43.8 Å². The quantitative estimate of drug-likeness (QED) is 0.676. The van der Waals surface area contributed by atoms with E-state index in [1.807, 2.05) is 12.2 Å². The lowest BCUT2D eigenvalue weighted by atomic mass is 9.46. The van der Waals surface area contributed by atoms with Gasteiger partial charge < -0.3 is 5.11 Å². The molecule has 0 radical (unpaired) electrons. The Bertz CT molecular complexity index is 704. The van der Waals surface area contributed by atoms with Crippen LogP contribution in [0.15, 0.2) is 23.8 Å². The lowest BCUT2D eigenvalue weighted by molar-refractivity contribution is -0.131. The van der Waals surface area contributed by atoms with Crippen LogP contribution >= 0.6 is 0 Å². The van der Waals surface area contributed by atoms with Gasteiger partial charge in [-0.05, 0) is 91.4 Å². The summed E-state index contributed by atoms with van der Waals surface area (Å²) in [6, 6.07) is 0. The lowest BCUT2D eigenvalue weighted by Crippen LogP contribution is -2.50. The molecule has 4 aliphatic carbocycles. The second-order valence-corrected chi connectivity index (χ2v) is 10.3. The van der Waals surface area contributed by atoms with Crippen LogP contribution < -0.4 is 0 Å². The zero-order valence-corrected chi connectivity index (χ0v) is 17.0. The fourth-order valence-corrected chi connectivity index (χ4v) is 7.83. The highest BCUT2D eigenvalue weighted by Crippen LogP contribution is 2.67. The Kier molecular flexibility index (Phi) is 4.63. The molecule has 27 heavy (non-hydrogen) atoms. The van der Waals surface area contributed by atoms with Gasteiger partial charge in [-0.15, -0.1) is 0 Å². The number of allylic oxidation sites excluding steroid dienone is 2. The van der Waals surface area contributed by atoms with Crippen LogP contribution in [-0.4, -0.2) is 16.9 Å². The Hall–Kier alpha value is -1.38. The van der Waals surface area contributed by atoms with Crippen LogP contribution in [0.4, 0.5) is 0 Å². The van der Waals surface area contributed by atoms with Gasteiger partial charge in [0.25, 0.3) is 0 Å². The molecule has 0 aromatic rings. The molecule has 4 rings (SSSR count).